The number of hydrogen-bond donors (Lipinski definition) is 1. The molecule has 0 heterocycles. The summed E-state index contributed by atoms with van der Waals surface area (Å²) in [7, 11) is 0. The van der Waals surface area contributed by atoms with Gasteiger partial charge < -0.3 is 9.84 Å². The molecule has 0 bridgehead atoms. The summed E-state index contributed by atoms with van der Waals surface area (Å²) in [6.07, 6.45) is 0.321. The van der Waals surface area contributed by atoms with Crippen LogP contribution in [-0.4, -0.2) is 28.0 Å². The van der Waals surface area contributed by atoms with E-state index in [1.807, 2.05) is 0 Å². The number of carboxylic acids is 1. The van der Waals surface area contributed by atoms with Gasteiger partial charge in [0.1, 0.15) is 4.32 Å². The van der Waals surface area contributed by atoms with Crippen molar-refractivity contribution in [3.05, 3.63) is 0 Å². The Morgan fingerprint density at radius 3 is 2.67 bits per heavy atom. The average Bonchev–Trinajstić information content (AvgIpc) is 2.65. The maximum Gasteiger partial charge on any atom is 0.321 e. The minimum atomic E-state index is -1.06. The van der Waals surface area contributed by atoms with Crippen molar-refractivity contribution >= 4 is 27.9 Å². The molecule has 1 fully saturated rings. The lowest BCUT2D eigenvalue weighted by atomic mass is 10.3. The van der Waals surface area contributed by atoms with E-state index in [1.165, 1.54) is 0 Å². The molecule has 0 aromatic heterocycles. The monoisotopic (exact) mass is 236 g/mol. The van der Waals surface area contributed by atoms with Gasteiger partial charge >= 0.3 is 11.9 Å². The molecule has 0 amide bonds. The fourth-order valence-corrected chi connectivity index (χ4v) is 1.50. The molecule has 2 atom stereocenters. The van der Waals surface area contributed by atoms with Crippen LogP contribution in [0.1, 0.15) is 13.3 Å². The molecule has 1 saturated carbocycles. The maximum atomic E-state index is 11.0. The molecule has 0 aromatic rings. The fraction of sp³-hybridized carbons (Fsp3) is 0.714. The van der Waals surface area contributed by atoms with Crippen molar-refractivity contribution in [2.45, 2.75) is 17.7 Å². The first kappa shape index (κ1) is 9.51. The molecular weight excluding hydrogens is 228 g/mol. The second kappa shape index (κ2) is 3.05. The number of alkyl halides is 1. The third-order valence-corrected chi connectivity index (χ3v) is 3.04. The number of ether oxygens (including phenoxy) is 1. The summed E-state index contributed by atoms with van der Waals surface area (Å²) in [5.74, 6) is -1.95. The van der Waals surface area contributed by atoms with Gasteiger partial charge in [0.15, 0.2) is 0 Å². The van der Waals surface area contributed by atoms with Crippen LogP contribution in [0.2, 0.25) is 0 Å². The average molecular weight is 237 g/mol. The summed E-state index contributed by atoms with van der Waals surface area (Å²) in [5.41, 5.74) is 0. The van der Waals surface area contributed by atoms with E-state index in [2.05, 4.69) is 20.7 Å². The van der Waals surface area contributed by atoms with Crippen LogP contribution in [0.5, 0.6) is 0 Å². The summed E-state index contributed by atoms with van der Waals surface area (Å²) >= 11 is 2.99. The molecule has 0 aliphatic heterocycles. The first-order chi connectivity index (χ1) is 5.52. The minimum Gasteiger partial charge on any atom is -0.480 e. The van der Waals surface area contributed by atoms with Gasteiger partial charge in [0.05, 0.1) is 12.5 Å². The molecule has 1 aliphatic rings. The lowest BCUT2D eigenvalue weighted by Gasteiger charge is -2.02. The molecular formula is C7H9BrO4. The van der Waals surface area contributed by atoms with Gasteiger partial charge in [-0.2, -0.15) is 0 Å². The van der Waals surface area contributed by atoms with Gasteiger partial charge in [-0.25, -0.2) is 0 Å². The Labute approximate surface area is 78.0 Å². The number of esters is 1. The summed E-state index contributed by atoms with van der Waals surface area (Å²) in [6.45, 7) is 1.98. The molecule has 1 aliphatic carbocycles. The minimum absolute atomic E-state index is 0.290. The Morgan fingerprint density at radius 2 is 2.33 bits per heavy atom. The van der Waals surface area contributed by atoms with Gasteiger partial charge in [0.25, 0.3) is 0 Å². The van der Waals surface area contributed by atoms with Gasteiger partial charge in [0, 0.05) is 0 Å². The van der Waals surface area contributed by atoms with Crippen molar-refractivity contribution in [1.82, 2.24) is 0 Å². The Morgan fingerprint density at radius 1 is 1.75 bits per heavy atom. The molecule has 0 aromatic carbocycles. The van der Waals surface area contributed by atoms with Crippen molar-refractivity contribution in [3.63, 3.8) is 0 Å². The van der Waals surface area contributed by atoms with Crippen LogP contribution < -0.4 is 0 Å². The molecule has 68 valence electrons. The fourth-order valence-electron chi connectivity index (χ4n) is 0.987. The zero-order valence-electron chi connectivity index (χ0n) is 6.54. The normalized spacial score (nSPS) is 32.7. The van der Waals surface area contributed by atoms with E-state index in [0.29, 0.717) is 6.42 Å². The Balaban J connectivity index is 2.51. The first-order valence-electron chi connectivity index (χ1n) is 3.61. The molecule has 12 heavy (non-hydrogen) atoms. The number of rotatable bonds is 3. The maximum absolute atomic E-state index is 11.0. The van der Waals surface area contributed by atoms with Crippen molar-refractivity contribution in [3.8, 4) is 0 Å². The first-order valence-corrected chi connectivity index (χ1v) is 4.40. The van der Waals surface area contributed by atoms with Gasteiger partial charge in [-0.15, -0.1) is 0 Å². The number of halogens is 1. The van der Waals surface area contributed by atoms with Crippen molar-refractivity contribution in [2.75, 3.05) is 6.61 Å². The van der Waals surface area contributed by atoms with Crippen LogP contribution in [0.25, 0.3) is 0 Å². The van der Waals surface area contributed by atoms with Gasteiger partial charge in [-0.05, 0) is 13.3 Å². The number of carbonyl (C=O) groups is 2. The van der Waals surface area contributed by atoms with E-state index in [0.717, 1.165) is 0 Å². The Bertz CT molecular complexity index is 227. The van der Waals surface area contributed by atoms with E-state index < -0.39 is 22.2 Å². The van der Waals surface area contributed by atoms with Gasteiger partial charge in [0.2, 0.25) is 0 Å². The number of carboxylic acid groups (broad SMARTS) is 1. The number of hydrogen-bond acceptors (Lipinski definition) is 3. The van der Waals surface area contributed by atoms with E-state index in [-0.39, 0.29) is 6.61 Å². The molecule has 2 unspecified atom stereocenters. The second-order valence-corrected chi connectivity index (χ2v) is 4.09. The standard InChI is InChI=1S/C7H9BrO4/c1-2-12-5(9)4-3-7(4,8)6(10)11/h4H,2-3H2,1H3,(H,10,11). The summed E-state index contributed by atoms with van der Waals surface area (Å²) in [6, 6.07) is 0. The smallest absolute Gasteiger partial charge is 0.321 e. The Kier molecular flexibility index (Phi) is 2.41. The third kappa shape index (κ3) is 1.46. The van der Waals surface area contributed by atoms with Crippen LogP contribution in [0.15, 0.2) is 0 Å². The van der Waals surface area contributed by atoms with Crippen LogP contribution >= 0.6 is 15.9 Å². The quantitative estimate of drug-likeness (QED) is 0.582. The van der Waals surface area contributed by atoms with E-state index in [4.69, 9.17) is 5.11 Å². The zero-order valence-corrected chi connectivity index (χ0v) is 8.13. The van der Waals surface area contributed by atoms with Crippen molar-refractivity contribution < 1.29 is 19.4 Å². The van der Waals surface area contributed by atoms with Crippen LogP contribution in [0, 0.1) is 5.92 Å². The molecule has 1 N–H and O–H groups in total. The molecule has 0 saturated heterocycles. The molecule has 5 heteroatoms. The lowest BCUT2D eigenvalue weighted by Crippen LogP contribution is -2.21. The molecule has 0 spiro atoms. The lowest BCUT2D eigenvalue weighted by molar-refractivity contribution is -0.147. The van der Waals surface area contributed by atoms with Gasteiger partial charge in [-0.3, -0.25) is 9.59 Å². The third-order valence-electron chi connectivity index (χ3n) is 1.82. The summed E-state index contributed by atoms with van der Waals surface area (Å²) in [4.78, 5) is 21.6. The highest BCUT2D eigenvalue weighted by Crippen LogP contribution is 2.52. The second-order valence-electron chi connectivity index (χ2n) is 2.68. The van der Waals surface area contributed by atoms with E-state index in [9.17, 15) is 9.59 Å². The van der Waals surface area contributed by atoms with Crippen LogP contribution in [0.3, 0.4) is 0 Å². The highest BCUT2D eigenvalue weighted by Gasteiger charge is 2.63. The van der Waals surface area contributed by atoms with Crippen molar-refractivity contribution in [1.29, 1.82) is 0 Å². The highest BCUT2D eigenvalue weighted by atomic mass is 79.9. The molecule has 0 radical (unpaired) electrons. The van der Waals surface area contributed by atoms with Gasteiger partial charge in [-0.1, -0.05) is 15.9 Å². The topological polar surface area (TPSA) is 63.6 Å². The molecule has 1 rings (SSSR count). The van der Waals surface area contributed by atoms with Crippen LogP contribution in [-0.2, 0) is 14.3 Å². The van der Waals surface area contributed by atoms with E-state index >= 15 is 0 Å². The Hall–Kier alpha value is -0.580. The van der Waals surface area contributed by atoms with Crippen molar-refractivity contribution in [2.24, 2.45) is 5.92 Å². The summed E-state index contributed by atoms with van der Waals surface area (Å²) < 4.78 is 3.62. The zero-order chi connectivity index (χ0) is 9.35. The predicted octanol–water partition coefficient (Wildman–Crippen LogP) is 0.788. The highest BCUT2D eigenvalue weighted by molar-refractivity contribution is 9.10. The number of carbonyl (C=O) groups excluding carboxylic acids is 1. The molecule has 4 nitrogen and oxygen atoms in total. The predicted molar refractivity (Wildman–Crippen MR) is 44.0 cm³/mol. The SMILES string of the molecule is CCOC(=O)C1CC1(Br)C(=O)O. The largest absolute Gasteiger partial charge is 0.480 e. The van der Waals surface area contributed by atoms with Crippen LogP contribution in [0.4, 0.5) is 0 Å². The summed E-state index contributed by atoms with van der Waals surface area (Å²) in [5, 5.41) is 8.65. The number of aliphatic carboxylic acids is 1. The van der Waals surface area contributed by atoms with E-state index in [1.54, 1.807) is 6.92 Å².